The molecule has 1 heterocycles. The van der Waals surface area contributed by atoms with Gasteiger partial charge in [0.1, 0.15) is 5.82 Å². The van der Waals surface area contributed by atoms with E-state index in [2.05, 4.69) is 5.32 Å². The number of nitrogens with zero attached hydrogens (tertiary/aromatic N) is 1. The third-order valence-corrected chi connectivity index (χ3v) is 4.80. The van der Waals surface area contributed by atoms with Crippen molar-refractivity contribution in [1.82, 2.24) is 10.2 Å². The van der Waals surface area contributed by atoms with Crippen molar-refractivity contribution in [2.24, 2.45) is 5.92 Å². The van der Waals surface area contributed by atoms with Crippen LogP contribution in [0.2, 0.25) is 0 Å². The molecule has 126 valence electrons. The third-order valence-electron chi connectivity index (χ3n) is 3.80. The number of benzene rings is 1. The van der Waals surface area contributed by atoms with Gasteiger partial charge >= 0.3 is 12.0 Å². The Morgan fingerprint density at radius 3 is 2.91 bits per heavy atom. The van der Waals surface area contributed by atoms with Crippen LogP contribution in [-0.2, 0) is 10.5 Å². The van der Waals surface area contributed by atoms with Crippen LogP contribution in [0.5, 0.6) is 0 Å². The van der Waals surface area contributed by atoms with E-state index in [4.69, 9.17) is 5.11 Å². The molecule has 0 radical (unpaired) electrons. The first-order valence-electron chi connectivity index (χ1n) is 7.64. The molecule has 2 amide bonds. The molecule has 7 heteroatoms. The first kappa shape index (κ1) is 17.6. The number of carbonyl (C=O) groups excluding carboxylic acids is 1. The van der Waals surface area contributed by atoms with Gasteiger partial charge in [0.2, 0.25) is 0 Å². The monoisotopic (exact) mass is 340 g/mol. The molecule has 1 atom stereocenters. The topological polar surface area (TPSA) is 69.6 Å². The number of rotatable bonds is 6. The largest absolute Gasteiger partial charge is 0.481 e. The van der Waals surface area contributed by atoms with Gasteiger partial charge in [0, 0.05) is 31.1 Å². The zero-order valence-corrected chi connectivity index (χ0v) is 13.7. The Labute approximate surface area is 139 Å². The first-order valence-corrected chi connectivity index (χ1v) is 8.80. The molecule has 0 aromatic heterocycles. The fraction of sp³-hybridized carbons (Fsp3) is 0.500. The van der Waals surface area contributed by atoms with Crippen LogP contribution >= 0.6 is 11.8 Å². The number of likely N-dealkylation sites (tertiary alicyclic amines) is 1. The van der Waals surface area contributed by atoms with Gasteiger partial charge in [-0.15, -0.1) is 0 Å². The highest BCUT2D eigenvalue weighted by atomic mass is 32.2. The maximum absolute atomic E-state index is 13.4. The summed E-state index contributed by atoms with van der Waals surface area (Å²) in [6.07, 6.45) is 1.34. The van der Waals surface area contributed by atoms with Crippen LogP contribution < -0.4 is 5.32 Å². The number of carboxylic acid groups (broad SMARTS) is 1. The molecular weight excluding hydrogens is 319 g/mol. The fourth-order valence-electron chi connectivity index (χ4n) is 2.50. The Balaban J connectivity index is 1.65. The summed E-state index contributed by atoms with van der Waals surface area (Å²) in [5, 5.41) is 11.8. The fourth-order valence-corrected chi connectivity index (χ4v) is 3.35. The molecule has 23 heavy (non-hydrogen) atoms. The van der Waals surface area contributed by atoms with Crippen LogP contribution in [0, 0.1) is 11.7 Å². The van der Waals surface area contributed by atoms with E-state index in [1.54, 1.807) is 34.9 Å². The molecule has 1 aromatic rings. The van der Waals surface area contributed by atoms with Crippen molar-refractivity contribution in [1.29, 1.82) is 0 Å². The van der Waals surface area contributed by atoms with E-state index >= 15 is 0 Å². The first-order chi connectivity index (χ1) is 11.1. The van der Waals surface area contributed by atoms with Gasteiger partial charge in [-0.2, -0.15) is 11.8 Å². The van der Waals surface area contributed by atoms with E-state index in [-0.39, 0.29) is 18.4 Å². The van der Waals surface area contributed by atoms with Gasteiger partial charge in [-0.1, -0.05) is 18.2 Å². The molecule has 1 aliphatic heterocycles. The van der Waals surface area contributed by atoms with Crippen molar-refractivity contribution >= 4 is 23.8 Å². The average Bonchev–Trinajstić information content (AvgIpc) is 2.56. The minimum atomic E-state index is -0.844. The van der Waals surface area contributed by atoms with Crippen LogP contribution in [0.15, 0.2) is 24.3 Å². The Kier molecular flexibility index (Phi) is 6.70. The lowest BCUT2D eigenvalue weighted by atomic mass is 9.99. The maximum Gasteiger partial charge on any atom is 0.317 e. The van der Waals surface area contributed by atoms with Crippen LogP contribution in [0.25, 0.3) is 0 Å². The van der Waals surface area contributed by atoms with Crippen molar-refractivity contribution in [3.8, 4) is 0 Å². The summed E-state index contributed by atoms with van der Waals surface area (Å²) in [6.45, 7) is 1.34. The highest BCUT2D eigenvalue weighted by Crippen LogP contribution is 2.17. The number of nitrogens with one attached hydrogen (secondary N) is 1. The molecule has 0 aliphatic carbocycles. The minimum Gasteiger partial charge on any atom is -0.481 e. The maximum atomic E-state index is 13.4. The molecule has 0 saturated carbocycles. The number of carboxylic acids is 1. The Morgan fingerprint density at radius 2 is 2.17 bits per heavy atom. The van der Waals surface area contributed by atoms with Gasteiger partial charge in [0.15, 0.2) is 0 Å². The Bertz CT molecular complexity index is 556. The van der Waals surface area contributed by atoms with Gasteiger partial charge in [-0.05, 0) is 24.5 Å². The van der Waals surface area contributed by atoms with Gasteiger partial charge in [-0.25, -0.2) is 9.18 Å². The van der Waals surface area contributed by atoms with Crippen LogP contribution in [0.3, 0.4) is 0 Å². The number of hydrogen-bond donors (Lipinski definition) is 2. The number of amides is 2. The molecule has 1 saturated heterocycles. The normalized spacial score (nSPS) is 17.8. The summed E-state index contributed by atoms with van der Waals surface area (Å²) in [6, 6.07) is 6.43. The molecule has 2 rings (SSSR count). The van der Waals surface area contributed by atoms with Gasteiger partial charge in [-0.3, -0.25) is 4.79 Å². The Hall–Kier alpha value is -1.76. The number of hydrogen-bond acceptors (Lipinski definition) is 3. The summed E-state index contributed by atoms with van der Waals surface area (Å²) in [4.78, 5) is 24.6. The molecule has 0 spiro atoms. The second-order valence-corrected chi connectivity index (χ2v) is 6.60. The van der Waals surface area contributed by atoms with Gasteiger partial charge in [0.25, 0.3) is 0 Å². The molecule has 1 aromatic carbocycles. The van der Waals surface area contributed by atoms with Crippen molar-refractivity contribution in [3.63, 3.8) is 0 Å². The van der Waals surface area contributed by atoms with Crippen LogP contribution in [0.1, 0.15) is 18.4 Å². The number of carbonyl (C=O) groups is 2. The summed E-state index contributed by atoms with van der Waals surface area (Å²) in [5.74, 6) is -0.284. The zero-order chi connectivity index (χ0) is 16.7. The predicted octanol–water partition coefficient (Wildman–Crippen LogP) is 2.57. The lowest BCUT2D eigenvalue weighted by Crippen LogP contribution is -2.47. The minimum absolute atomic E-state index is 0.211. The zero-order valence-electron chi connectivity index (χ0n) is 12.8. The van der Waals surface area contributed by atoms with Gasteiger partial charge in [0.05, 0.1) is 5.92 Å². The molecule has 5 nitrogen and oxygen atoms in total. The standard InChI is InChI=1S/C16H21FN2O3S/c17-14-6-2-1-4-13(14)11-23-9-7-18-16(22)19-8-3-5-12(10-19)15(20)21/h1-2,4,6,12H,3,5,7-11H2,(H,18,22)(H,20,21). The summed E-state index contributed by atoms with van der Waals surface area (Å²) < 4.78 is 13.4. The number of thioether (sulfide) groups is 1. The van der Waals surface area contributed by atoms with Crippen LogP contribution in [-0.4, -0.2) is 47.4 Å². The van der Waals surface area contributed by atoms with E-state index in [9.17, 15) is 14.0 Å². The molecule has 0 bridgehead atoms. The number of halogens is 1. The molecular formula is C16H21FN2O3S. The third kappa shape index (κ3) is 5.42. The summed E-state index contributed by atoms with van der Waals surface area (Å²) >= 11 is 1.55. The quantitative estimate of drug-likeness (QED) is 0.781. The van der Waals surface area contributed by atoms with E-state index in [0.717, 1.165) is 0 Å². The lowest BCUT2D eigenvalue weighted by molar-refractivity contribution is -0.143. The predicted molar refractivity (Wildman–Crippen MR) is 87.9 cm³/mol. The van der Waals surface area contributed by atoms with Crippen molar-refractivity contribution in [2.75, 3.05) is 25.4 Å². The van der Waals surface area contributed by atoms with E-state index in [1.807, 2.05) is 0 Å². The second-order valence-electron chi connectivity index (χ2n) is 5.50. The average molecular weight is 340 g/mol. The number of aliphatic carboxylic acids is 1. The molecule has 1 unspecified atom stereocenters. The molecule has 2 N–H and O–H groups in total. The second kappa shape index (κ2) is 8.76. The van der Waals surface area contributed by atoms with Crippen molar-refractivity contribution in [3.05, 3.63) is 35.6 Å². The Morgan fingerprint density at radius 1 is 1.39 bits per heavy atom. The smallest absolute Gasteiger partial charge is 0.317 e. The number of urea groups is 1. The highest BCUT2D eigenvalue weighted by molar-refractivity contribution is 7.98. The van der Waals surface area contributed by atoms with E-state index in [0.29, 0.717) is 43.0 Å². The molecule has 1 fully saturated rings. The lowest BCUT2D eigenvalue weighted by Gasteiger charge is -2.30. The number of piperidine rings is 1. The van der Waals surface area contributed by atoms with E-state index in [1.165, 1.54) is 6.07 Å². The summed E-state index contributed by atoms with van der Waals surface area (Å²) in [7, 11) is 0. The van der Waals surface area contributed by atoms with Crippen molar-refractivity contribution in [2.45, 2.75) is 18.6 Å². The van der Waals surface area contributed by atoms with Crippen molar-refractivity contribution < 1.29 is 19.1 Å². The SMILES string of the molecule is O=C(O)C1CCCN(C(=O)NCCSCc2ccccc2F)C1. The van der Waals surface area contributed by atoms with Gasteiger partial charge < -0.3 is 15.3 Å². The molecule has 1 aliphatic rings. The summed E-state index contributed by atoms with van der Waals surface area (Å²) in [5.41, 5.74) is 0.657. The van der Waals surface area contributed by atoms with E-state index < -0.39 is 11.9 Å². The van der Waals surface area contributed by atoms with Crippen LogP contribution in [0.4, 0.5) is 9.18 Å². The highest BCUT2D eigenvalue weighted by Gasteiger charge is 2.27.